The summed E-state index contributed by atoms with van der Waals surface area (Å²) >= 11 is 0. The monoisotopic (exact) mass is 171 g/mol. The molecule has 1 nitrogen and oxygen atoms in total. The minimum Gasteiger partial charge on any atom is -0.315 e. The lowest BCUT2D eigenvalue weighted by atomic mass is 9.70. The molecule has 0 aromatic heterocycles. The number of nitrogens with one attached hydrogen (secondary N) is 1. The molecule has 66 valence electrons. The van der Waals surface area contributed by atoms with Gasteiger partial charge in [0.1, 0.15) is 0 Å². The van der Waals surface area contributed by atoms with Gasteiger partial charge in [-0.2, -0.15) is 0 Å². The Morgan fingerprint density at radius 3 is 2.77 bits per heavy atom. The first kappa shape index (κ1) is 6.61. The molecule has 1 aliphatic heterocycles. The van der Waals surface area contributed by atoms with Gasteiger partial charge in [0.15, 0.2) is 0 Å². The summed E-state index contributed by atoms with van der Waals surface area (Å²) < 4.78 is 0. The van der Waals surface area contributed by atoms with Crippen molar-refractivity contribution in [3.05, 3.63) is 34.9 Å². The first-order valence-electron chi connectivity index (χ1n) is 5.11. The van der Waals surface area contributed by atoms with Crippen molar-refractivity contribution in [3.8, 4) is 0 Å². The van der Waals surface area contributed by atoms with Gasteiger partial charge in [-0.1, -0.05) is 23.8 Å². The maximum absolute atomic E-state index is 3.53. The average molecular weight is 171 g/mol. The number of benzene rings is 1. The Balaban J connectivity index is 2.01. The van der Waals surface area contributed by atoms with E-state index in [9.17, 15) is 0 Å². The third-order valence-electron chi connectivity index (χ3n) is 4.45. The molecule has 0 amide bonds. The van der Waals surface area contributed by atoms with E-state index in [1.54, 1.807) is 11.1 Å². The van der Waals surface area contributed by atoms with E-state index in [1.165, 1.54) is 25.1 Å². The summed E-state index contributed by atoms with van der Waals surface area (Å²) in [5, 5.41) is 3.53. The molecule has 13 heavy (non-hydrogen) atoms. The smallest absolute Gasteiger partial charge is 0.0199 e. The molecule has 1 saturated heterocycles. The SMILES string of the molecule is Cc1ccc2c(c1)C13CNCC21C3. The summed E-state index contributed by atoms with van der Waals surface area (Å²) in [5.74, 6) is 0. The van der Waals surface area contributed by atoms with Crippen LogP contribution in [0, 0.1) is 6.92 Å². The summed E-state index contributed by atoms with van der Waals surface area (Å²) in [6.07, 6.45) is 1.42. The largest absolute Gasteiger partial charge is 0.315 e. The van der Waals surface area contributed by atoms with E-state index >= 15 is 0 Å². The second-order valence-electron chi connectivity index (χ2n) is 4.99. The topological polar surface area (TPSA) is 12.0 Å². The molecule has 1 aromatic carbocycles. The zero-order valence-electron chi connectivity index (χ0n) is 7.85. The Morgan fingerprint density at radius 1 is 1.15 bits per heavy atom. The Hall–Kier alpha value is -0.820. The zero-order chi connectivity index (χ0) is 8.68. The van der Waals surface area contributed by atoms with E-state index in [-0.39, 0.29) is 0 Å². The fraction of sp³-hybridized carbons (Fsp3) is 0.500. The lowest BCUT2D eigenvalue weighted by Crippen LogP contribution is -2.33. The highest BCUT2D eigenvalue weighted by Gasteiger charge is 2.78. The van der Waals surface area contributed by atoms with Gasteiger partial charge in [-0.05, 0) is 24.5 Å². The van der Waals surface area contributed by atoms with Crippen LogP contribution >= 0.6 is 0 Å². The van der Waals surface area contributed by atoms with Gasteiger partial charge in [0.25, 0.3) is 0 Å². The second-order valence-corrected chi connectivity index (χ2v) is 4.99. The number of piperidine rings is 1. The molecule has 1 saturated carbocycles. The van der Waals surface area contributed by atoms with Gasteiger partial charge in [-0.15, -0.1) is 0 Å². The quantitative estimate of drug-likeness (QED) is 0.623. The molecule has 3 aliphatic rings. The Bertz CT molecular complexity index is 423. The second kappa shape index (κ2) is 1.57. The van der Waals surface area contributed by atoms with Crippen LogP contribution in [0.4, 0.5) is 0 Å². The van der Waals surface area contributed by atoms with Gasteiger partial charge in [0, 0.05) is 23.9 Å². The van der Waals surface area contributed by atoms with E-state index in [1.807, 2.05) is 0 Å². The number of hydrogen-bond donors (Lipinski definition) is 1. The van der Waals surface area contributed by atoms with E-state index in [0.29, 0.717) is 10.8 Å². The van der Waals surface area contributed by atoms with Crippen LogP contribution in [0.5, 0.6) is 0 Å². The predicted molar refractivity (Wildman–Crippen MR) is 52.0 cm³/mol. The highest BCUT2D eigenvalue weighted by atomic mass is 15.1. The van der Waals surface area contributed by atoms with Crippen molar-refractivity contribution in [2.75, 3.05) is 13.1 Å². The van der Waals surface area contributed by atoms with Crippen LogP contribution in [0.15, 0.2) is 18.2 Å². The molecule has 0 spiro atoms. The Kier molecular flexibility index (Phi) is 0.797. The molecule has 2 atom stereocenters. The summed E-state index contributed by atoms with van der Waals surface area (Å²) in [5.41, 5.74) is 5.89. The van der Waals surface area contributed by atoms with Crippen molar-refractivity contribution in [2.45, 2.75) is 24.2 Å². The van der Waals surface area contributed by atoms with Crippen LogP contribution in [-0.2, 0) is 10.8 Å². The molecular formula is C12H13N. The fourth-order valence-corrected chi connectivity index (χ4v) is 3.73. The Labute approximate surface area is 78.2 Å². The molecule has 1 aromatic rings. The molecule has 2 aliphatic carbocycles. The summed E-state index contributed by atoms with van der Waals surface area (Å²) in [6.45, 7) is 4.65. The van der Waals surface area contributed by atoms with Gasteiger partial charge in [-0.25, -0.2) is 0 Å². The minimum absolute atomic E-state index is 0.592. The van der Waals surface area contributed by atoms with Crippen molar-refractivity contribution in [1.29, 1.82) is 0 Å². The molecule has 2 unspecified atom stereocenters. The average Bonchev–Trinajstić information content (AvgIpc) is 2.59. The molecule has 4 rings (SSSR count). The Morgan fingerprint density at radius 2 is 1.92 bits per heavy atom. The normalized spacial score (nSPS) is 43.2. The third kappa shape index (κ3) is 0.462. The molecule has 1 N–H and O–H groups in total. The molecule has 1 heterocycles. The van der Waals surface area contributed by atoms with E-state index in [4.69, 9.17) is 0 Å². The van der Waals surface area contributed by atoms with Crippen molar-refractivity contribution in [1.82, 2.24) is 5.32 Å². The highest BCUT2D eigenvalue weighted by molar-refractivity contribution is 5.67. The molecular weight excluding hydrogens is 158 g/mol. The lowest BCUT2D eigenvalue weighted by Gasteiger charge is -2.33. The van der Waals surface area contributed by atoms with Gasteiger partial charge >= 0.3 is 0 Å². The van der Waals surface area contributed by atoms with Crippen LogP contribution in [0.3, 0.4) is 0 Å². The van der Waals surface area contributed by atoms with E-state index in [0.717, 1.165) is 0 Å². The summed E-state index contributed by atoms with van der Waals surface area (Å²) in [6, 6.07) is 7.00. The van der Waals surface area contributed by atoms with Crippen LogP contribution in [0.1, 0.15) is 23.1 Å². The first-order chi connectivity index (χ1) is 6.29. The van der Waals surface area contributed by atoms with Gasteiger partial charge in [-0.3, -0.25) is 0 Å². The first-order valence-corrected chi connectivity index (χ1v) is 5.11. The van der Waals surface area contributed by atoms with Crippen LogP contribution in [-0.4, -0.2) is 13.1 Å². The minimum atomic E-state index is 0.592. The summed E-state index contributed by atoms with van der Waals surface area (Å²) in [4.78, 5) is 0. The maximum atomic E-state index is 3.53. The lowest BCUT2D eigenvalue weighted by molar-refractivity contribution is 0.575. The van der Waals surface area contributed by atoms with Crippen molar-refractivity contribution >= 4 is 0 Å². The number of hydrogen-bond acceptors (Lipinski definition) is 1. The standard InChI is InChI=1S/C12H13N/c1-8-2-3-9-10(4-8)12-5-11(9,12)6-13-7-12/h2-4,13H,5-7H2,1H3. The van der Waals surface area contributed by atoms with Crippen LogP contribution in [0.2, 0.25) is 0 Å². The summed E-state index contributed by atoms with van der Waals surface area (Å²) in [7, 11) is 0. The third-order valence-corrected chi connectivity index (χ3v) is 4.45. The fourth-order valence-electron chi connectivity index (χ4n) is 3.73. The zero-order valence-corrected chi connectivity index (χ0v) is 7.85. The van der Waals surface area contributed by atoms with Gasteiger partial charge in [0.2, 0.25) is 0 Å². The number of fused-ring (bicyclic) bond motifs is 1. The van der Waals surface area contributed by atoms with Crippen molar-refractivity contribution in [3.63, 3.8) is 0 Å². The van der Waals surface area contributed by atoms with Gasteiger partial charge in [0.05, 0.1) is 0 Å². The van der Waals surface area contributed by atoms with E-state index in [2.05, 4.69) is 30.4 Å². The molecule has 0 bridgehead atoms. The molecule has 0 radical (unpaired) electrons. The van der Waals surface area contributed by atoms with E-state index < -0.39 is 0 Å². The molecule has 1 heteroatoms. The van der Waals surface area contributed by atoms with Crippen LogP contribution in [0.25, 0.3) is 0 Å². The highest BCUT2D eigenvalue weighted by Crippen LogP contribution is 2.76. The predicted octanol–water partition coefficient (Wildman–Crippen LogP) is 1.49. The maximum Gasteiger partial charge on any atom is 0.0199 e. The number of aryl methyl sites for hydroxylation is 1. The van der Waals surface area contributed by atoms with Crippen LogP contribution < -0.4 is 5.32 Å². The number of rotatable bonds is 0. The van der Waals surface area contributed by atoms with Gasteiger partial charge < -0.3 is 5.32 Å². The van der Waals surface area contributed by atoms with Crippen molar-refractivity contribution in [2.24, 2.45) is 0 Å². The molecule has 2 fully saturated rings. The van der Waals surface area contributed by atoms with Crippen molar-refractivity contribution < 1.29 is 0 Å².